The van der Waals surface area contributed by atoms with E-state index in [1.807, 2.05) is 0 Å². The number of rotatable bonds is 0. The van der Waals surface area contributed by atoms with E-state index in [9.17, 15) is 0 Å². The first kappa shape index (κ1) is 4.03. The zero-order valence-corrected chi connectivity index (χ0v) is 4.26. The van der Waals surface area contributed by atoms with Gasteiger partial charge in [-0.1, -0.05) is 0 Å². The maximum absolute atomic E-state index is 4.07. The van der Waals surface area contributed by atoms with E-state index in [1.54, 1.807) is 6.34 Å². The van der Waals surface area contributed by atoms with E-state index in [-0.39, 0.29) is 6.17 Å². The lowest BCUT2D eigenvalue weighted by molar-refractivity contribution is 0.711. The zero-order valence-electron chi connectivity index (χ0n) is 4.26. The molecule has 0 radical (unpaired) electrons. The van der Waals surface area contributed by atoms with Crippen LogP contribution in [0.2, 0.25) is 0 Å². The Morgan fingerprint density at radius 2 is 2.75 bits per heavy atom. The Bertz CT molecular complexity index is 159. The molecule has 2 N–H and O–H groups in total. The Morgan fingerprint density at radius 3 is 3.62 bits per heavy atom. The second kappa shape index (κ2) is 1.29. The Kier molecular flexibility index (Phi) is 0.648. The molecule has 8 heavy (non-hydrogen) atoms. The fourth-order valence-corrected chi connectivity index (χ4v) is 0.826. The molecule has 0 saturated heterocycles. The first-order valence-corrected chi connectivity index (χ1v) is 2.53. The number of nitrogens with one attached hydrogen (secondary N) is 2. The zero-order chi connectivity index (χ0) is 5.40. The van der Waals surface area contributed by atoms with Crippen LogP contribution in [0.3, 0.4) is 0 Å². The van der Waals surface area contributed by atoms with Gasteiger partial charge in [-0.15, -0.1) is 0 Å². The molecule has 0 spiro atoms. The molecule has 2 aliphatic heterocycles. The Labute approximate surface area is 46.7 Å². The summed E-state index contributed by atoms with van der Waals surface area (Å²) in [5.41, 5.74) is 0. The average Bonchev–Trinajstić information content (AvgIpc) is 2.15. The van der Waals surface area contributed by atoms with Gasteiger partial charge in [-0.2, -0.15) is 0 Å². The quantitative estimate of drug-likeness (QED) is 0.416. The summed E-state index contributed by atoms with van der Waals surface area (Å²) < 4.78 is 0. The van der Waals surface area contributed by atoms with Gasteiger partial charge < -0.3 is 5.32 Å². The minimum atomic E-state index is 0.134. The minimum absolute atomic E-state index is 0.134. The van der Waals surface area contributed by atoms with E-state index in [0.29, 0.717) is 6.67 Å². The number of hydrogen-bond acceptors (Lipinski definition) is 4. The van der Waals surface area contributed by atoms with Gasteiger partial charge >= 0.3 is 0 Å². The highest BCUT2D eigenvalue weighted by molar-refractivity contribution is 6.00. The van der Waals surface area contributed by atoms with Crippen LogP contribution in [0.1, 0.15) is 0 Å². The summed E-state index contributed by atoms with van der Waals surface area (Å²) in [6.45, 7) is 0.699. The molecule has 0 saturated carbocycles. The van der Waals surface area contributed by atoms with Crippen LogP contribution in [0.4, 0.5) is 0 Å². The van der Waals surface area contributed by atoms with Crippen molar-refractivity contribution >= 4 is 12.2 Å². The average molecular weight is 110 g/mol. The highest BCUT2D eigenvalue weighted by atomic mass is 15.3. The van der Waals surface area contributed by atoms with Crippen molar-refractivity contribution in [2.45, 2.75) is 6.17 Å². The van der Waals surface area contributed by atoms with E-state index in [2.05, 4.69) is 20.6 Å². The molecule has 0 bridgehead atoms. The molecule has 0 amide bonds. The highest BCUT2D eigenvalue weighted by Gasteiger charge is 2.21. The van der Waals surface area contributed by atoms with Crippen LogP contribution in [-0.2, 0) is 0 Å². The molecule has 2 aliphatic rings. The molecule has 0 aromatic rings. The van der Waals surface area contributed by atoms with E-state index in [0.717, 1.165) is 5.84 Å². The largest absolute Gasteiger partial charge is 0.332 e. The molecule has 4 nitrogen and oxygen atoms in total. The van der Waals surface area contributed by atoms with Crippen LogP contribution in [0, 0.1) is 0 Å². The monoisotopic (exact) mass is 110 g/mol. The van der Waals surface area contributed by atoms with Crippen molar-refractivity contribution < 1.29 is 0 Å². The van der Waals surface area contributed by atoms with Crippen LogP contribution in [0.5, 0.6) is 0 Å². The molecule has 0 aromatic heterocycles. The summed E-state index contributed by atoms with van der Waals surface area (Å²) in [5.74, 6) is 0.949. The van der Waals surface area contributed by atoms with E-state index >= 15 is 0 Å². The molecular formula is C4H6N4. The van der Waals surface area contributed by atoms with Gasteiger partial charge in [-0.3, -0.25) is 10.3 Å². The van der Waals surface area contributed by atoms with Gasteiger partial charge in [-0.05, 0) is 0 Å². The molecule has 1 unspecified atom stereocenters. The third kappa shape index (κ3) is 0.376. The normalized spacial score (nSPS) is 32.0. The number of nitrogens with zero attached hydrogens (tertiary/aromatic N) is 2. The van der Waals surface area contributed by atoms with Gasteiger partial charge in [0.25, 0.3) is 0 Å². The first-order valence-electron chi connectivity index (χ1n) is 2.53. The molecule has 0 aromatic carbocycles. The van der Waals surface area contributed by atoms with E-state index < -0.39 is 0 Å². The Balaban J connectivity index is 2.28. The van der Waals surface area contributed by atoms with Gasteiger partial charge in [0.15, 0.2) is 6.17 Å². The van der Waals surface area contributed by atoms with Gasteiger partial charge in [0.1, 0.15) is 5.84 Å². The van der Waals surface area contributed by atoms with E-state index in [4.69, 9.17) is 0 Å². The number of hydrogen-bond donors (Lipinski definition) is 2. The van der Waals surface area contributed by atoms with Crippen LogP contribution in [0.25, 0.3) is 0 Å². The SMILES string of the molecule is C1=NC2NCN=C2N1. The third-order valence-corrected chi connectivity index (χ3v) is 1.23. The summed E-state index contributed by atoms with van der Waals surface area (Å²) in [7, 11) is 0. The fourth-order valence-electron chi connectivity index (χ4n) is 0.826. The molecule has 4 heteroatoms. The summed E-state index contributed by atoms with van der Waals surface area (Å²) in [4.78, 5) is 8.09. The summed E-state index contributed by atoms with van der Waals surface area (Å²) >= 11 is 0. The summed E-state index contributed by atoms with van der Waals surface area (Å²) in [5, 5.41) is 5.97. The summed E-state index contributed by atoms with van der Waals surface area (Å²) in [6.07, 6.45) is 1.80. The predicted molar refractivity (Wildman–Crippen MR) is 30.9 cm³/mol. The predicted octanol–water partition coefficient (Wildman–Crippen LogP) is -1.10. The van der Waals surface area contributed by atoms with Crippen molar-refractivity contribution in [1.82, 2.24) is 10.6 Å². The van der Waals surface area contributed by atoms with Crippen LogP contribution >= 0.6 is 0 Å². The van der Waals surface area contributed by atoms with Crippen molar-refractivity contribution in [3.63, 3.8) is 0 Å². The van der Waals surface area contributed by atoms with Crippen molar-refractivity contribution in [2.75, 3.05) is 6.67 Å². The third-order valence-electron chi connectivity index (χ3n) is 1.23. The maximum atomic E-state index is 4.07. The lowest BCUT2D eigenvalue weighted by atomic mass is 10.5. The lowest BCUT2D eigenvalue weighted by Crippen LogP contribution is -2.29. The molecular weight excluding hydrogens is 104 g/mol. The second-order valence-corrected chi connectivity index (χ2v) is 1.73. The molecule has 42 valence electrons. The van der Waals surface area contributed by atoms with Gasteiger partial charge in [0.2, 0.25) is 0 Å². The standard InChI is InChI=1S/C4H6N4/c1-5-3-4(6-1)8-2-7-3/h1,3,7H,2H2,(H,5,6,8). The lowest BCUT2D eigenvalue weighted by Gasteiger charge is -1.95. The number of fused-ring (bicyclic) bond motifs is 1. The van der Waals surface area contributed by atoms with Crippen LogP contribution < -0.4 is 10.6 Å². The molecule has 0 fully saturated rings. The van der Waals surface area contributed by atoms with Crippen molar-refractivity contribution in [2.24, 2.45) is 9.98 Å². The number of amidine groups is 1. The van der Waals surface area contributed by atoms with Crippen molar-refractivity contribution in [3.05, 3.63) is 0 Å². The Morgan fingerprint density at radius 1 is 1.75 bits per heavy atom. The summed E-state index contributed by atoms with van der Waals surface area (Å²) in [6, 6.07) is 0. The topological polar surface area (TPSA) is 48.8 Å². The molecule has 0 aliphatic carbocycles. The Hall–Kier alpha value is -0.900. The van der Waals surface area contributed by atoms with Gasteiger partial charge in [0, 0.05) is 0 Å². The molecule has 2 heterocycles. The maximum Gasteiger partial charge on any atom is 0.161 e. The van der Waals surface area contributed by atoms with Gasteiger partial charge in [0.05, 0.1) is 13.0 Å². The first-order chi connectivity index (χ1) is 3.97. The number of aliphatic imine (C=N–C) groups is 2. The van der Waals surface area contributed by atoms with E-state index in [1.165, 1.54) is 0 Å². The second-order valence-electron chi connectivity index (χ2n) is 1.73. The molecule has 1 atom stereocenters. The van der Waals surface area contributed by atoms with Gasteiger partial charge in [-0.25, -0.2) is 4.99 Å². The van der Waals surface area contributed by atoms with Crippen LogP contribution in [-0.4, -0.2) is 25.0 Å². The van der Waals surface area contributed by atoms with Crippen molar-refractivity contribution in [1.29, 1.82) is 0 Å². The van der Waals surface area contributed by atoms with Crippen molar-refractivity contribution in [3.8, 4) is 0 Å². The molecule has 2 rings (SSSR count). The fraction of sp³-hybridized carbons (Fsp3) is 0.500. The smallest absolute Gasteiger partial charge is 0.161 e. The minimum Gasteiger partial charge on any atom is -0.332 e. The van der Waals surface area contributed by atoms with Crippen LogP contribution in [0.15, 0.2) is 9.98 Å². The highest BCUT2D eigenvalue weighted by Crippen LogP contribution is 1.98.